The third-order valence-electron chi connectivity index (χ3n) is 5.72. The highest BCUT2D eigenvalue weighted by Crippen LogP contribution is 2.44. The summed E-state index contributed by atoms with van der Waals surface area (Å²) >= 11 is 0. The van der Waals surface area contributed by atoms with E-state index in [4.69, 9.17) is 9.47 Å². The van der Waals surface area contributed by atoms with Crippen LogP contribution in [0.5, 0.6) is 0 Å². The van der Waals surface area contributed by atoms with Crippen LogP contribution in [-0.2, 0) is 19.1 Å². The lowest BCUT2D eigenvalue weighted by Gasteiger charge is -2.26. The van der Waals surface area contributed by atoms with Crippen molar-refractivity contribution in [2.45, 2.75) is 45.2 Å². The highest BCUT2D eigenvalue weighted by Gasteiger charge is 2.32. The third kappa shape index (κ3) is 6.14. The number of carboxylic acids is 1. The van der Waals surface area contributed by atoms with Crippen LogP contribution in [0.2, 0.25) is 0 Å². The van der Waals surface area contributed by atoms with Gasteiger partial charge < -0.3 is 25.2 Å². The van der Waals surface area contributed by atoms with Crippen molar-refractivity contribution in [1.82, 2.24) is 10.6 Å². The second-order valence-corrected chi connectivity index (χ2v) is 9.64. The molecule has 1 aliphatic carbocycles. The number of rotatable bonds is 9. The van der Waals surface area contributed by atoms with E-state index < -0.39 is 30.1 Å². The van der Waals surface area contributed by atoms with Crippen LogP contribution in [-0.4, -0.2) is 55.5 Å². The van der Waals surface area contributed by atoms with Crippen molar-refractivity contribution in [3.63, 3.8) is 0 Å². The zero-order valence-electron chi connectivity index (χ0n) is 20.0. The first kappa shape index (κ1) is 25.2. The summed E-state index contributed by atoms with van der Waals surface area (Å²) in [6.45, 7) is 5.63. The van der Waals surface area contributed by atoms with Gasteiger partial charge in [-0.25, -0.2) is 9.59 Å². The minimum Gasteiger partial charge on any atom is -0.480 e. The van der Waals surface area contributed by atoms with Crippen molar-refractivity contribution >= 4 is 18.0 Å². The zero-order valence-corrected chi connectivity index (χ0v) is 20.0. The first-order valence-corrected chi connectivity index (χ1v) is 11.2. The Balaban J connectivity index is 1.64. The van der Waals surface area contributed by atoms with Crippen LogP contribution < -0.4 is 10.6 Å². The second kappa shape index (κ2) is 10.7. The number of nitrogens with one attached hydrogen (secondary N) is 2. The van der Waals surface area contributed by atoms with E-state index in [1.807, 2.05) is 69.3 Å². The van der Waals surface area contributed by atoms with E-state index in [1.54, 1.807) is 0 Å². The topological polar surface area (TPSA) is 114 Å². The number of carbonyl (C=O) groups excluding carboxylic acids is 2. The number of alkyl carbamates (subject to hydrolysis) is 1. The molecule has 0 bridgehead atoms. The number of aliphatic carboxylic acids is 1. The number of hydrogen-bond donors (Lipinski definition) is 3. The first-order chi connectivity index (χ1) is 16.1. The van der Waals surface area contributed by atoms with Crippen LogP contribution >= 0.6 is 0 Å². The van der Waals surface area contributed by atoms with Gasteiger partial charge in [0.15, 0.2) is 0 Å². The van der Waals surface area contributed by atoms with Gasteiger partial charge in [0.25, 0.3) is 0 Å². The molecule has 0 heterocycles. The number of benzene rings is 2. The van der Waals surface area contributed by atoms with Gasteiger partial charge in [0.1, 0.15) is 18.7 Å². The van der Waals surface area contributed by atoms with Crippen LogP contribution in [0.4, 0.5) is 4.79 Å². The molecule has 0 spiro atoms. The monoisotopic (exact) mass is 468 g/mol. The number of hydrogen-bond acceptors (Lipinski definition) is 5. The van der Waals surface area contributed by atoms with Crippen molar-refractivity contribution in [2.75, 3.05) is 20.3 Å². The van der Waals surface area contributed by atoms with Crippen LogP contribution in [0.3, 0.4) is 0 Å². The Hall–Kier alpha value is -3.39. The van der Waals surface area contributed by atoms with Gasteiger partial charge in [-0.2, -0.15) is 0 Å². The molecule has 0 aromatic heterocycles. The number of methoxy groups -OCH3 is 1. The molecule has 0 saturated carbocycles. The average Bonchev–Trinajstić information content (AvgIpc) is 3.09. The van der Waals surface area contributed by atoms with Gasteiger partial charge >= 0.3 is 12.1 Å². The van der Waals surface area contributed by atoms with E-state index in [1.165, 1.54) is 7.11 Å². The maximum absolute atomic E-state index is 12.7. The molecule has 2 atom stereocenters. The minimum absolute atomic E-state index is 0.100. The maximum atomic E-state index is 12.7. The van der Waals surface area contributed by atoms with Gasteiger partial charge in [-0.05, 0) is 34.1 Å². The van der Waals surface area contributed by atoms with E-state index in [0.717, 1.165) is 22.3 Å². The Morgan fingerprint density at radius 2 is 1.50 bits per heavy atom. The molecule has 2 aromatic rings. The summed E-state index contributed by atoms with van der Waals surface area (Å²) in [7, 11) is 1.39. The molecule has 3 rings (SSSR count). The van der Waals surface area contributed by atoms with Crippen LogP contribution in [0.1, 0.15) is 44.2 Å². The molecule has 0 fully saturated rings. The normalized spacial score (nSPS) is 14.5. The van der Waals surface area contributed by atoms with Crippen molar-refractivity contribution in [1.29, 1.82) is 0 Å². The molecule has 0 aliphatic heterocycles. The van der Waals surface area contributed by atoms with Crippen LogP contribution in [0, 0.1) is 5.41 Å². The lowest BCUT2D eigenvalue weighted by Crippen LogP contribution is -2.54. The van der Waals surface area contributed by atoms with Crippen molar-refractivity contribution in [2.24, 2.45) is 5.41 Å². The molecule has 0 saturated heterocycles. The number of fused-ring (bicyclic) bond motifs is 3. The summed E-state index contributed by atoms with van der Waals surface area (Å²) in [6.07, 6.45) is -0.541. The summed E-state index contributed by atoms with van der Waals surface area (Å²) in [5.41, 5.74) is 4.07. The maximum Gasteiger partial charge on any atom is 0.407 e. The van der Waals surface area contributed by atoms with E-state index >= 15 is 0 Å². The Labute approximate surface area is 199 Å². The number of carboxylic acid groups (broad SMARTS) is 1. The fourth-order valence-corrected chi connectivity index (χ4v) is 4.22. The summed E-state index contributed by atoms with van der Waals surface area (Å²) < 4.78 is 10.6. The smallest absolute Gasteiger partial charge is 0.407 e. The third-order valence-corrected chi connectivity index (χ3v) is 5.72. The van der Waals surface area contributed by atoms with Gasteiger partial charge in [0.05, 0.1) is 6.61 Å². The lowest BCUT2D eigenvalue weighted by atomic mass is 9.88. The molecule has 1 aliphatic rings. The molecule has 2 aromatic carbocycles. The van der Waals surface area contributed by atoms with Gasteiger partial charge in [0.2, 0.25) is 5.91 Å². The average molecular weight is 469 g/mol. The molecule has 8 heteroatoms. The number of ether oxygens (including phenoxy) is 2. The molecular weight excluding hydrogens is 436 g/mol. The van der Waals surface area contributed by atoms with E-state index in [9.17, 15) is 19.5 Å². The highest BCUT2D eigenvalue weighted by molar-refractivity contribution is 5.89. The summed E-state index contributed by atoms with van der Waals surface area (Å²) in [4.78, 5) is 36.9. The molecule has 8 nitrogen and oxygen atoms in total. The molecule has 182 valence electrons. The molecule has 2 amide bonds. The molecule has 3 N–H and O–H groups in total. The Bertz CT molecular complexity index is 1000. The first-order valence-electron chi connectivity index (χ1n) is 11.2. The molecule has 0 radical (unpaired) electrons. The van der Waals surface area contributed by atoms with Gasteiger partial charge in [-0.15, -0.1) is 0 Å². The summed E-state index contributed by atoms with van der Waals surface area (Å²) in [6, 6.07) is 13.8. The summed E-state index contributed by atoms with van der Waals surface area (Å²) in [5.74, 6) is -1.90. The fraction of sp³-hybridized carbons (Fsp3) is 0.423. The van der Waals surface area contributed by atoms with E-state index in [2.05, 4.69) is 10.6 Å². The summed E-state index contributed by atoms with van der Waals surface area (Å²) in [5, 5.41) is 14.5. The number of carbonyl (C=O) groups is 3. The predicted molar refractivity (Wildman–Crippen MR) is 128 cm³/mol. The molecular formula is C26H32N2O6. The van der Waals surface area contributed by atoms with Crippen LogP contribution in [0.25, 0.3) is 11.1 Å². The Morgan fingerprint density at radius 3 is 2.00 bits per heavy atom. The predicted octanol–water partition coefficient (Wildman–Crippen LogP) is 3.55. The van der Waals surface area contributed by atoms with Crippen molar-refractivity contribution in [3.05, 3.63) is 59.7 Å². The lowest BCUT2D eigenvalue weighted by molar-refractivity contribution is -0.143. The Kier molecular flexibility index (Phi) is 7.94. The zero-order chi connectivity index (χ0) is 24.9. The molecule has 34 heavy (non-hydrogen) atoms. The quantitative estimate of drug-likeness (QED) is 0.519. The van der Waals surface area contributed by atoms with Gasteiger partial charge in [-0.1, -0.05) is 69.3 Å². The molecule has 2 unspecified atom stereocenters. The highest BCUT2D eigenvalue weighted by atomic mass is 16.5. The Morgan fingerprint density at radius 1 is 0.941 bits per heavy atom. The van der Waals surface area contributed by atoms with Crippen LogP contribution in [0.15, 0.2) is 48.5 Å². The van der Waals surface area contributed by atoms with E-state index in [0.29, 0.717) is 0 Å². The number of amides is 2. The van der Waals surface area contributed by atoms with Crippen molar-refractivity contribution in [3.8, 4) is 11.1 Å². The van der Waals surface area contributed by atoms with Gasteiger partial charge in [0, 0.05) is 13.0 Å². The van der Waals surface area contributed by atoms with Gasteiger partial charge in [-0.3, -0.25) is 4.79 Å². The minimum atomic E-state index is -1.14. The standard InChI is InChI=1S/C26H32N2O6/c1-26(2,3)13-21(24(30)31)27-23(29)22(15-33-4)28-25(32)34-14-20-18-11-7-5-9-16(18)17-10-6-8-12-19(17)20/h5-12,20-22H,13-15H2,1-4H3,(H,27,29)(H,28,32)(H,30,31). The second-order valence-electron chi connectivity index (χ2n) is 9.64. The van der Waals surface area contributed by atoms with E-state index in [-0.39, 0.29) is 31.0 Å². The SMILES string of the molecule is COCC(NC(=O)OCC1c2ccccc2-c2ccccc21)C(=O)NC(CC(C)(C)C)C(=O)O. The fourth-order valence-electron chi connectivity index (χ4n) is 4.22. The van der Waals surface area contributed by atoms with Crippen molar-refractivity contribution < 1.29 is 29.0 Å². The largest absolute Gasteiger partial charge is 0.480 e.